The zero-order valence-electron chi connectivity index (χ0n) is 16.8. The summed E-state index contributed by atoms with van der Waals surface area (Å²) < 4.78 is 8.67. The van der Waals surface area contributed by atoms with Gasteiger partial charge in [0.05, 0.1) is 30.6 Å². The maximum absolute atomic E-state index is 13.0. The van der Waals surface area contributed by atoms with Crippen molar-refractivity contribution in [2.45, 2.75) is 6.61 Å². The molecule has 164 valence electrons. The van der Waals surface area contributed by atoms with Crippen molar-refractivity contribution >= 4 is 66.9 Å². The van der Waals surface area contributed by atoms with E-state index in [1.807, 2.05) is 30.3 Å². The highest BCUT2D eigenvalue weighted by atomic mass is 79.9. The van der Waals surface area contributed by atoms with Crippen LogP contribution in [-0.4, -0.2) is 20.5 Å². The van der Waals surface area contributed by atoms with Crippen LogP contribution >= 0.6 is 38.9 Å². The predicted molar refractivity (Wildman–Crippen MR) is 133 cm³/mol. The topological polar surface area (TPSA) is 80.9 Å². The van der Waals surface area contributed by atoms with E-state index in [1.54, 1.807) is 28.7 Å². The van der Waals surface area contributed by atoms with E-state index >= 15 is 0 Å². The van der Waals surface area contributed by atoms with Gasteiger partial charge in [-0.2, -0.15) is 0 Å². The normalized spacial score (nSPS) is 12.0. The number of hydrogen-bond acceptors (Lipinski definition) is 5. The minimum Gasteiger partial charge on any atom is -0.486 e. The van der Waals surface area contributed by atoms with Crippen LogP contribution < -0.4 is 14.8 Å². The Morgan fingerprint density at radius 3 is 2.67 bits per heavy atom. The molecule has 0 fully saturated rings. The molecule has 9 heteroatoms. The number of carboxylic acid groups (broad SMARTS) is 1. The third-order valence-electron chi connectivity index (χ3n) is 5.05. The van der Waals surface area contributed by atoms with Gasteiger partial charge < -0.3 is 9.84 Å². The SMILES string of the molecule is O=C(O)c1ccc(COc2c(Cl)cc(/C=c3\sc4nc5ccccc5n4c3=O)cc2Br)cc1. The Morgan fingerprint density at radius 1 is 1.18 bits per heavy atom. The number of benzene rings is 3. The Bertz CT molecular complexity index is 1620. The first-order valence-electron chi connectivity index (χ1n) is 9.76. The van der Waals surface area contributed by atoms with Gasteiger partial charge in [0, 0.05) is 0 Å². The number of thiazole rings is 1. The molecule has 0 atom stereocenters. The van der Waals surface area contributed by atoms with Gasteiger partial charge in [-0.15, -0.1) is 0 Å². The summed E-state index contributed by atoms with van der Waals surface area (Å²) in [6, 6.07) is 17.5. The minimum atomic E-state index is -0.978. The van der Waals surface area contributed by atoms with Crippen LogP contribution in [-0.2, 0) is 6.61 Å². The molecule has 6 nitrogen and oxygen atoms in total. The molecular formula is C24H14BrClN2O4S. The highest BCUT2D eigenvalue weighted by Gasteiger charge is 2.13. The Hall–Kier alpha value is -3.20. The molecule has 0 aliphatic heterocycles. The highest BCUT2D eigenvalue weighted by Crippen LogP contribution is 2.35. The molecule has 0 saturated carbocycles. The average molecular weight is 542 g/mol. The molecule has 0 spiro atoms. The lowest BCUT2D eigenvalue weighted by Gasteiger charge is -2.11. The van der Waals surface area contributed by atoms with E-state index in [0.717, 1.165) is 22.2 Å². The van der Waals surface area contributed by atoms with Crippen LogP contribution in [0.15, 0.2) is 69.9 Å². The van der Waals surface area contributed by atoms with Crippen LogP contribution in [0.25, 0.3) is 22.1 Å². The zero-order valence-corrected chi connectivity index (χ0v) is 19.9. The zero-order chi connectivity index (χ0) is 23.1. The molecule has 5 rings (SSSR count). The summed E-state index contributed by atoms with van der Waals surface area (Å²) in [5, 5.41) is 9.39. The summed E-state index contributed by atoms with van der Waals surface area (Å²) >= 11 is 11.3. The Balaban J connectivity index is 1.44. The van der Waals surface area contributed by atoms with Gasteiger partial charge in [-0.25, -0.2) is 14.2 Å². The third-order valence-corrected chi connectivity index (χ3v) is 6.89. The van der Waals surface area contributed by atoms with E-state index < -0.39 is 5.97 Å². The summed E-state index contributed by atoms with van der Waals surface area (Å²) in [6.45, 7) is 0.223. The molecule has 5 aromatic rings. The summed E-state index contributed by atoms with van der Waals surface area (Å²) in [4.78, 5) is 29.1. The van der Waals surface area contributed by atoms with Gasteiger partial charge in [0.15, 0.2) is 10.7 Å². The van der Waals surface area contributed by atoms with Crippen molar-refractivity contribution in [1.29, 1.82) is 0 Å². The number of rotatable bonds is 5. The number of para-hydroxylation sites is 2. The van der Waals surface area contributed by atoms with Crippen molar-refractivity contribution in [2.24, 2.45) is 0 Å². The van der Waals surface area contributed by atoms with Gasteiger partial charge in [0.1, 0.15) is 6.61 Å². The highest BCUT2D eigenvalue weighted by molar-refractivity contribution is 9.10. The van der Waals surface area contributed by atoms with Gasteiger partial charge in [0.2, 0.25) is 0 Å². The van der Waals surface area contributed by atoms with E-state index in [-0.39, 0.29) is 17.7 Å². The van der Waals surface area contributed by atoms with Crippen molar-refractivity contribution in [3.05, 3.63) is 102 Å². The fourth-order valence-electron chi connectivity index (χ4n) is 3.46. The molecule has 0 aliphatic rings. The van der Waals surface area contributed by atoms with Crippen molar-refractivity contribution in [3.8, 4) is 5.75 Å². The lowest BCUT2D eigenvalue weighted by Crippen LogP contribution is -2.22. The van der Waals surface area contributed by atoms with E-state index in [1.165, 1.54) is 23.5 Å². The molecule has 3 aromatic carbocycles. The number of hydrogen-bond donors (Lipinski definition) is 1. The summed E-state index contributed by atoms with van der Waals surface area (Å²) in [6.07, 6.45) is 1.78. The molecule has 1 N–H and O–H groups in total. The van der Waals surface area contributed by atoms with Gasteiger partial charge in [-0.1, -0.05) is 47.2 Å². The standard InChI is InChI=1S/C24H14BrClN2O4S/c25-16-9-14(10-17(26)21(16)32-12-13-5-7-15(8-6-13)23(30)31)11-20-22(29)28-19-4-2-1-3-18(19)27-24(28)33-20/h1-11H,12H2,(H,30,31)/b20-11-. The molecule has 0 radical (unpaired) electrons. The molecule has 33 heavy (non-hydrogen) atoms. The van der Waals surface area contributed by atoms with Crippen LogP contribution in [0.5, 0.6) is 5.75 Å². The predicted octanol–water partition coefficient (Wildman–Crippen LogP) is 5.15. The lowest BCUT2D eigenvalue weighted by atomic mass is 10.1. The second-order valence-electron chi connectivity index (χ2n) is 7.24. The maximum atomic E-state index is 13.0. The molecular weight excluding hydrogens is 528 g/mol. The van der Waals surface area contributed by atoms with Crippen LogP contribution in [0, 0.1) is 0 Å². The first kappa shape index (κ1) is 21.6. The molecule has 2 heterocycles. The summed E-state index contributed by atoms with van der Waals surface area (Å²) in [5.41, 5.74) is 3.22. The lowest BCUT2D eigenvalue weighted by molar-refractivity contribution is 0.0697. The molecule has 2 aromatic heterocycles. The number of nitrogens with zero attached hydrogens (tertiary/aromatic N) is 2. The van der Waals surface area contributed by atoms with Crippen LogP contribution in [0.2, 0.25) is 5.02 Å². The monoisotopic (exact) mass is 540 g/mol. The average Bonchev–Trinajstić information content (AvgIpc) is 3.29. The smallest absolute Gasteiger partial charge is 0.335 e. The number of carbonyl (C=O) groups is 1. The van der Waals surface area contributed by atoms with Gasteiger partial charge >= 0.3 is 5.97 Å². The fourth-order valence-corrected chi connectivity index (χ4v) is 5.44. The van der Waals surface area contributed by atoms with Crippen LogP contribution in [0.1, 0.15) is 21.5 Å². The van der Waals surface area contributed by atoms with Gasteiger partial charge in [-0.05, 0) is 69.5 Å². The minimum absolute atomic E-state index is 0.124. The molecule has 0 amide bonds. The number of ether oxygens (including phenoxy) is 1. The number of carboxylic acids is 1. The number of aromatic carboxylic acids is 1. The van der Waals surface area contributed by atoms with E-state index in [2.05, 4.69) is 20.9 Å². The fraction of sp³-hybridized carbons (Fsp3) is 0.0417. The van der Waals surface area contributed by atoms with Crippen molar-refractivity contribution < 1.29 is 14.6 Å². The van der Waals surface area contributed by atoms with Crippen LogP contribution in [0.4, 0.5) is 0 Å². The van der Waals surface area contributed by atoms with E-state index in [4.69, 9.17) is 21.4 Å². The third kappa shape index (κ3) is 4.13. The molecule has 0 aliphatic carbocycles. The van der Waals surface area contributed by atoms with Crippen molar-refractivity contribution in [1.82, 2.24) is 9.38 Å². The maximum Gasteiger partial charge on any atom is 0.335 e. The van der Waals surface area contributed by atoms with E-state index in [0.29, 0.717) is 24.7 Å². The molecule has 0 saturated heterocycles. The van der Waals surface area contributed by atoms with Crippen molar-refractivity contribution in [2.75, 3.05) is 0 Å². The van der Waals surface area contributed by atoms with Crippen LogP contribution in [0.3, 0.4) is 0 Å². The van der Waals surface area contributed by atoms with Gasteiger partial charge in [0.25, 0.3) is 5.56 Å². The Kier molecular flexibility index (Phi) is 5.65. The second-order valence-corrected chi connectivity index (χ2v) is 9.51. The number of aromatic nitrogens is 2. The largest absolute Gasteiger partial charge is 0.486 e. The second kappa shape index (κ2) is 8.62. The summed E-state index contributed by atoms with van der Waals surface area (Å²) in [5.74, 6) is -0.515. The molecule has 0 unspecified atom stereocenters. The number of halogens is 2. The quantitative estimate of drug-likeness (QED) is 0.333. The molecule has 0 bridgehead atoms. The number of fused-ring (bicyclic) bond motifs is 3. The first-order chi connectivity index (χ1) is 15.9. The summed E-state index contributed by atoms with van der Waals surface area (Å²) in [7, 11) is 0. The Morgan fingerprint density at radius 2 is 1.94 bits per heavy atom. The van der Waals surface area contributed by atoms with E-state index in [9.17, 15) is 9.59 Å². The van der Waals surface area contributed by atoms with Crippen molar-refractivity contribution in [3.63, 3.8) is 0 Å². The Labute approximate surface area is 204 Å². The van der Waals surface area contributed by atoms with Gasteiger partial charge in [-0.3, -0.25) is 4.79 Å². The number of imidazole rings is 1. The first-order valence-corrected chi connectivity index (χ1v) is 11.8.